The van der Waals surface area contributed by atoms with Gasteiger partial charge in [0.25, 0.3) is 0 Å². The number of phenols is 1. The molecule has 0 saturated carbocycles. The van der Waals surface area contributed by atoms with Gasteiger partial charge in [0.15, 0.2) is 0 Å². The standard InChI is InChI=1S/C15H24O/c1-4-6-8-13-11-14(9-7-5-2)15(16)10-12(13)3/h10-11,16H,4-9H2,1-3H3. The van der Waals surface area contributed by atoms with Crippen molar-refractivity contribution in [3.05, 3.63) is 28.8 Å². The van der Waals surface area contributed by atoms with Crippen molar-refractivity contribution < 1.29 is 5.11 Å². The fourth-order valence-corrected chi connectivity index (χ4v) is 1.99. The maximum absolute atomic E-state index is 9.87. The first kappa shape index (κ1) is 13.1. The van der Waals surface area contributed by atoms with Crippen LogP contribution in [0.5, 0.6) is 5.75 Å². The average Bonchev–Trinajstić information content (AvgIpc) is 2.26. The van der Waals surface area contributed by atoms with E-state index in [4.69, 9.17) is 0 Å². The number of hydrogen-bond donors (Lipinski definition) is 1. The van der Waals surface area contributed by atoms with Crippen molar-refractivity contribution in [3.63, 3.8) is 0 Å². The number of benzene rings is 1. The van der Waals surface area contributed by atoms with Crippen LogP contribution in [-0.2, 0) is 12.8 Å². The van der Waals surface area contributed by atoms with Gasteiger partial charge in [0.1, 0.15) is 5.75 Å². The summed E-state index contributed by atoms with van der Waals surface area (Å²) in [4.78, 5) is 0. The van der Waals surface area contributed by atoms with E-state index in [0.29, 0.717) is 5.75 Å². The molecule has 0 spiro atoms. The number of aryl methyl sites for hydroxylation is 3. The zero-order valence-corrected chi connectivity index (χ0v) is 10.8. The predicted octanol–water partition coefficient (Wildman–Crippen LogP) is 4.39. The smallest absolute Gasteiger partial charge is 0.119 e. The Labute approximate surface area is 99.5 Å². The summed E-state index contributed by atoms with van der Waals surface area (Å²) in [6.07, 6.45) is 6.94. The number of phenolic OH excluding ortho intramolecular Hbond substituents is 1. The maximum Gasteiger partial charge on any atom is 0.119 e. The number of unbranched alkanes of at least 4 members (excludes halogenated alkanes) is 2. The van der Waals surface area contributed by atoms with Crippen LogP contribution in [0.2, 0.25) is 0 Å². The average molecular weight is 220 g/mol. The van der Waals surface area contributed by atoms with Crippen LogP contribution in [0.3, 0.4) is 0 Å². The molecule has 0 amide bonds. The molecule has 1 aromatic rings. The van der Waals surface area contributed by atoms with Crippen LogP contribution in [0.25, 0.3) is 0 Å². The normalized spacial score (nSPS) is 10.7. The van der Waals surface area contributed by atoms with E-state index < -0.39 is 0 Å². The molecular weight excluding hydrogens is 196 g/mol. The third kappa shape index (κ3) is 3.55. The summed E-state index contributed by atoms with van der Waals surface area (Å²) in [7, 11) is 0. The topological polar surface area (TPSA) is 20.2 Å². The summed E-state index contributed by atoms with van der Waals surface area (Å²) in [5.41, 5.74) is 3.76. The molecule has 0 aromatic heterocycles. The van der Waals surface area contributed by atoms with Crippen LogP contribution in [0.15, 0.2) is 12.1 Å². The molecule has 16 heavy (non-hydrogen) atoms. The van der Waals surface area contributed by atoms with Gasteiger partial charge in [0, 0.05) is 0 Å². The molecule has 0 aliphatic rings. The molecule has 0 heterocycles. The summed E-state index contributed by atoms with van der Waals surface area (Å²) >= 11 is 0. The van der Waals surface area contributed by atoms with Gasteiger partial charge < -0.3 is 5.11 Å². The fraction of sp³-hybridized carbons (Fsp3) is 0.600. The largest absolute Gasteiger partial charge is 0.508 e. The highest BCUT2D eigenvalue weighted by Crippen LogP contribution is 2.25. The molecule has 0 atom stereocenters. The van der Waals surface area contributed by atoms with Crippen LogP contribution in [-0.4, -0.2) is 5.11 Å². The summed E-state index contributed by atoms with van der Waals surface area (Å²) in [6, 6.07) is 4.13. The van der Waals surface area contributed by atoms with E-state index in [1.165, 1.54) is 30.4 Å². The highest BCUT2D eigenvalue weighted by molar-refractivity contribution is 5.41. The lowest BCUT2D eigenvalue weighted by molar-refractivity contribution is 0.466. The lowest BCUT2D eigenvalue weighted by Gasteiger charge is -2.10. The maximum atomic E-state index is 9.87. The molecule has 0 radical (unpaired) electrons. The van der Waals surface area contributed by atoms with Crippen LogP contribution < -0.4 is 0 Å². The van der Waals surface area contributed by atoms with E-state index in [1.807, 2.05) is 6.07 Å². The third-order valence-electron chi connectivity index (χ3n) is 3.14. The minimum absolute atomic E-state index is 0.478. The van der Waals surface area contributed by atoms with Gasteiger partial charge in [-0.2, -0.15) is 0 Å². The Kier molecular flexibility index (Phi) is 5.37. The zero-order chi connectivity index (χ0) is 12.0. The minimum atomic E-state index is 0.478. The molecule has 0 aliphatic heterocycles. The Morgan fingerprint density at radius 2 is 1.50 bits per heavy atom. The van der Waals surface area contributed by atoms with Crippen LogP contribution in [0.4, 0.5) is 0 Å². The molecule has 1 rings (SSSR count). The lowest BCUT2D eigenvalue weighted by Crippen LogP contribution is -1.94. The SMILES string of the molecule is CCCCc1cc(CCCC)c(O)cc1C. The van der Waals surface area contributed by atoms with E-state index >= 15 is 0 Å². The van der Waals surface area contributed by atoms with Crippen molar-refractivity contribution in [3.8, 4) is 5.75 Å². The highest BCUT2D eigenvalue weighted by atomic mass is 16.3. The van der Waals surface area contributed by atoms with Crippen molar-refractivity contribution in [2.75, 3.05) is 0 Å². The Hall–Kier alpha value is -0.980. The molecule has 1 heteroatoms. The molecule has 1 aromatic carbocycles. The second-order valence-corrected chi connectivity index (χ2v) is 4.61. The van der Waals surface area contributed by atoms with Crippen LogP contribution >= 0.6 is 0 Å². The Morgan fingerprint density at radius 1 is 0.938 bits per heavy atom. The van der Waals surface area contributed by atoms with Gasteiger partial charge in [0.2, 0.25) is 0 Å². The van der Waals surface area contributed by atoms with Crippen LogP contribution in [0, 0.1) is 6.92 Å². The summed E-state index contributed by atoms with van der Waals surface area (Å²) in [6.45, 7) is 6.49. The van der Waals surface area contributed by atoms with Gasteiger partial charge in [-0.1, -0.05) is 32.8 Å². The first-order valence-electron chi connectivity index (χ1n) is 6.50. The van der Waals surface area contributed by atoms with Crippen molar-refractivity contribution in [2.45, 2.75) is 59.3 Å². The van der Waals surface area contributed by atoms with E-state index in [0.717, 1.165) is 24.8 Å². The van der Waals surface area contributed by atoms with Gasteiger partial charge in [-0.05, 0) is 55.4 Å². The predicted molar refractivity (Wildman–Crippen MR) is 70.1 cm³/mol. The minimum Gasteiger partial charge on any atom is -0.508 e. The Balaban J connectivity index is 2.83. The molecule has 0 bridgehead atoms. The van der Waals surface area contributed by atoms with Crippen molar-refractivity contribution in [1.82, 2.24) is 0 Å². The highest BCUT2D eigenvalue weighted by Gasteiger charge is 2.06. The quantitative estimate of drug-likeness (QED) is 0.754. The Bertz CT molecular complexity index is 299. The van der Waals surface area contributed by atoms with Gasteiger partial charge >= 0.3 is 0 Å². The molecule has 0 fully saturated rings. The second-order valence-electron chi connectivity index (χ2n) is 4.61. The summed E-state index contributed by atoms with van der Waals surface area (Å²) in [5.74, 6) is 0.478. The van der Waals surface area contributed by atoms with Crippen molar-refractivity contribution >= 4 is 0 Å². The fourth-order valence-electron chi connectivity index (χ4n) is 1.99. The van der Waals surface area contributed by atoms with Crippen molar-refractivity contribution in [1.29, 1.82) is 0 Å². The van der Waals surface area contributed by atoms with Crippen LogP contribution in [0.1, 0.15) is 56.2 Å². The molecular formula is C15H24O. The molecule has 90 valence electrons. The van der Waals surface area contributed by atoms with Gasteiger partial charge in [-0.25, -0.2) is 0 Å². The molecule has 0 aliphatic carbocycles. The van der Waals surface area contributed by atoms with Gasteiger partial charge in [0.05, 0.1) is 0 Å². The zero-order valence-electron chi connectivity index (χ0n) is 10.8. The lowest BCUT2D eigenvalue weighted by atomic mass is 9.97. The molecule has 1 N–H and O–H groups in total. The van der Waals surface area contributed by atoms with E-state index in [-0.39, 0.29) is 0 Å². The van der Waals surface area contributed by atoms with Gasteiger partial charge in [-0.15, -0.1) is 0 Å². The first-order chi connectivity index (χ1) is 7.69. The second kappa shape index (κ2) is 6.57. The first-order valence-corrected chi connectivity index (χ1v) is 6.50. The van der Waals surface area contributed by atoms with E-state index in [2.05, 4.69) is 26.8 Å². The molecule has 0 unspecified atom stereocenters. The number of hydrogen-bond acceptors (Lipinski definition) is 1. The van der Waals surface area contributed by atoms with E-state index in [1.54, 1.807) is 0 Å². The van der Waals surface area contributed by atoms with E-state index in [9.17, 15) is 5.11 Å². The van der Waals surface area contributed by atoms with Gasteiger partial charge in [-0.3, -0.25) is 0 Å². The third-order valence-corrected chi connectivity index (χ3v) is 3.14. The monoisotopic (exact) mass is 220 g/mol. The summed E-state index contributed by atoms with van der Waals surface area (Å²) in [5, 5.41) is 9.87. The van der Waals surface area contributed by atoms with Crippen molar-refractivity contribution in [2.24, 2.45) is 0 Å². The molecule has 1 nitrogen and oxygen atoms in total. The number of aromatic hydroxyl groups is 1. The molecule has 0 saturated heterocycles. The summed E-state index contributed by atoms with van der Waals surface area (Å²) < 4.78 is 0. The Morgan fingerprint density at radius 3 is 2.06 bits per heavy atom. The number of rotatable bonds is 6.